The van der Waals surface area contributed by atoms with E-state index in [1.165, 1.54) is 25.7 Å². The first-order valence-electron chi connectivity index (χ1n) is 6.73. The van der Waals surface area contributed by atoms with Crippen molar-refractivity contribution in [2.24, 2.45) is 5.92 Å². The van der Waals surface area contributed by atoms with Crippen LogP contribution in [0.3, 0.4) is 0 Å². The van der Waals surface area contributed by atoms with E-state index in [1.807, 2.05) is 11.9 Å². The van der Waals surface area contributed by atoms with Crippen LogP contribution >= 0.6 is 12.4 Å². The highest BCUT2D eigenvalue weighted by molar-refractivity contribution is 5.85. The van der Waals surface area contributed by atoms with Gasteiger partial charge in [0.15, 0.2) is 0 Å². The lowest BCUT2D eigenvalue weighted by molar-refractivity contribution is -0.131. The zero-order valence-corrected chi connectivity index (χ0v) is 11.8. The molecule has 1 amide bonds. The van der Waals surface area contributed by atoms with Crippen LogP contribution in [-0.4, -0.2) is 36.5 Å². The maximum Gasteiger partial charge on any atom is 0.239 e. The summed E-state index contributed by atoms with van der Waals surface area (Å²) in [7, 11) is 1.93. The van der Waals surface area contributed by atoms with Crippen LogP contribution in [0.4, 0.5) is 0 Å². The number of carbonyl (C=O) groups excluding carboxylic acids is 1. The van der Waals surface area contributed by atoms with Gasteiger partial charge in [0, 0.05) is 19.6 Å². The summed E-state index contributed by atoms with van der Waals surface area (Å²) in [6, 6.07) is 0.724. The van der Waals surface area contributed by atoms with Crippen molar-refractivity contribution in [1.82, 2.24) is 10.2 Å². The summed E-state index contributed by atoms with van der Waals surface area (Å²) in [5.74, 6) is 1.06. The minimum Gasteiger partial charge on any atom is -0.344 e. The van der Waals surface area contributed by atoms with E-state index in [-0.39, 0.29) is 18.4 Å². The second-order valence-corrected chi connectivity index (χ2v) is 5.37. The molecule has 3 nitrogen and oxygen atoms in total. The van der Waals surface area contributed by atoms with Crippen LogP contribution in [0.5, 0.6) is 0 Å². The van der Waals surface area contributed by atoms with Crippen molar-refractivity contribution >= 4 is 18.3 Å². The third kappa shape index (κ3) is 3.35. The summed E-state index contributed by atoms with van der Waals surface area (Å²) in [6.07, 6.45) is 7.39. The van der Waals surface area contributed by atoms with Gasteiger partial charge >= 0.3 is 0 Å². The van der Waals surface area contributed by atoms with E-state index < -0.39 is 0 Å². The highest BCUT2D eigenvalue weighted by atomic mass is 35.5. The average Bonchev–Trinajstić information content (AvgIpc) is 2.71. The number of amides is 1. The van der Waals surface area contributed by atoms with E-state index in [1.54, 1.807) is 0 Å². The summed E-state index contributed by atoms with van der Waals surface area (Å²) >= 11 is 0. The van der Waals surface area contributed by atoms with Crippen molar-refractivity contribution < 1.29 is 4.79 Å². The Morgan fingerprint density at radius 3 is 2.71 bits per heavy atom. The summed E-state index contributed by atoms with van der Waals surface area (Å²) in [4.78, 5) is 14.0. The van der Waals surface area contributed by atoms with E-state index in [9.17, 15) is 4.79 Å². The molecular formula is C13H25ClN2O. The molecule has 0 bridgehead atoms. The Balaban J connectivity index is 0.00000144. The van der Waals surface area contributed by atoms with Crippen LogP contribution in [-0.2, 0) is 4.79 Å². The fraction of sp³-hybridized carbons (Fsp3) is 0.923. The number of rotatable bonds is 3. The Bertz CT molecular complexity index is 246. The van der Waals surface area contributed by atoms with Crippen LogP contribution in [0.25, 0.3) is 0 Å². The molecular weight excluding hydrogens is 236 g/mol. The number of carbonyl (C=O) groups is 1. The third-order valence-corrected chi connectivity index (χ3v) is 4.10. The number of nitrogens with one attached hydrogen (secondary N) is 1. The second kappa shape index (κ2) is 6.60. The summed E-state index contributed by atoms with van der Waals surface area (Å²) in [6.45, 7) is 3.00. The minimum atomic E-state index is 0. The molecule has 100 valence electrons. The summed E-state index contributed by atoms with van der Waals surface area (Å²) in [5, 5.41) is 3.54. The molecule has 1 aliphatic carbocycles. The van der Waals surface area contributed by atoms with Crippen LogP contribution in [0.15, 0.2) is 0 Å². The topological polar surface area (TPSA) is 32.3 Å². The molecule has 0 spiro atoms. The number of likely N-dealkylation sites (N-methyl/N-ethyl adjacent to an activating group) is 1. The van der Waals surface area contributed by atoms with Crippen molar-refractivity contribution in [2.45, 2.75) is 57.5 Å². The average molecular weight is 261 g/mol. The van der Waals surface area contributed by atoms with E-state index in [0.29, 0.717) is 11.9 Å². The molecule has 1 heterocycles. The van der Waals surface area contributed by atoms with Crippen LogP contribution < -0.4 is 5.32 Å². The molecule has 1 saturated carbocycles. The maximum absolute atomic E-state index is 12.1. The molecule has 1 aliphatic heterocycles. The molecule has 0 radical (unpaired) electrons. The Labute approximate surface area is 111 Å². The number of halogens is 1. The molecule has 1 N–H and O–H groups in total. The quantitative estimate of drug-likeness (QED) is 0.844. The second-order valence-electron chi connectivity index (χ2n) is 5.37. The van der Waals surface area contributed by atoms with Crippen molar-refractivity contribution in [2.75, 3.05) is 13.6 Å². The van der Waals surface area contributed by atoms with Gasteiger partial charge in [-0.05, 0) is 31.6 Å². The Morgan fingerprint density at radius 2 is 2.06 bits per heavy atom. The lowest BCUT2D eigenvalue weighted by atomic mass is 9.85. The first-order valence-corrected chi connectivity index (χ1v) is 6.73. The molecule has 4 heteroatoms. The van der Waals surface area contributed by atoms with Gasteiger partial charge in [0.05, 0.1) is 6.04 Å². The molecule has 3 atom stereocenters. The molecule has 0 aromatic rings. The highest BCUT2D eigenvalue weighted by Gasteiger charge is 2.38. The van der Waals surface area contributed by atoms with Crippen LogP contribution in [0, 0.1) is 5.92 Å². The van der Waals surface area contributed by atoms with Gasteiger partial charge in [-0.15, -0.1) is 12.4 Å². The Kier molecular flexibility index (Phi) is 5.74. The van der Waals surface area contributed by atoms with Gasteiger partial charge in [0.25, 0.3) is 0 Å². The number of fused-ring (bicyclic) bond motifs is 1. The molecule has 2 aliphatic rings. The fourth-order valence-corrected chi connectivity index (χ4v) is 3.22. The van der Waals surface area contributed by atoms with Crippen molar-refractivity contribution in [3.63, 3.8) is 0 Å². The minimum absolute atomic E-state index is 0. The Morgan fingerprint density at radius 1 is 1.35 bits per heavy atom. The van der Waals surface area contributed by atoms with E-state index in [2.05, 4.69) is 12.2 Å². The summed E-state index contributed by atoms with van der Waals surface area (Å²) in [5.41, 5.74) is 0. The van der Waals surface area contributed by atoms with Gasteiger partial charge < -0.3 is 10.2 Å². The molecule has 0 aromatic heterocycles. The predicted octanol–water partition coefficient (Wildman–Crippen LogP) is 2.20. The highest BCUT2D eigenvalue weighted by Crippen LogP contribution is 2.33. The standard InChI is InChI=1S/C13H24N2O.ClH/c1-3-8-15(2)13(16)12-9-10-6-4-5-7-11(10)14-12;/h10-12,14H,3-9H2,1-2H3;1H. The lowest BCUT2D eigenvalue weighted by Crippen LogP contribution is -2.44. The first-order chi connectivity index (χ1) is 7.72. The number of hydrogen-bond acceptors (Lipinski definition) is 2. The molecule has 3 unspecified atom stereocenters. The largest absolute Gasteiger partial charge is 0.344 e. The SMILES string of the molecule is CCCN(C)C(=O)C1CC2CCCCC2N1.Cl. The van der Waals surface area contributed by atoms with Gasteiger partial charge in [0.2, 0.25) is 5.91 Å². The zero-order chi connectivity index (χ0) is 11.5. The van der Waals surface area contributed by atoms with Gasteiger partial charge in [-0.3, -0.25) is 4.79 Å². The van der Waals surface area contributed by atoms with Gasteiger partial charge in [-0.2, -0.15) is 0 Å². The normalized spacial score (nSPS) is 31.5. The van der Waals surface area contributed by atoms with Crippen molar-refractivity contribution in [3.8, 4) is 0 Å². The maximum atomic E-state index is 12.1. The van der Waals surface area contributed by atoms with Gasteiger partial charge in [0.1, 0.15) is 0 Å². The van der Waals surface area contributed by atoms with E-state index in [0.717, 1.165) is 25.3 Å². The van der Waals surface area contributed by atoms with Crippen molar-refractivity contribution in [3.05, 3.63) is 0 Å². The number of nitrogens with zero attached hydrogens (tertiary/aromatic N) is 1. The summed E-state index contributed by atoms with van der Waals surface area (Å²) < 4.78 is 0. The molecule has 17 heavy (non-hydrogen) atoms. The Hall–Kier alpha value is -0.280. The zero-order valence-electron chi connectivity index (χ0n) is 10.9. The monoisotopic (exact) mass is 260 g/mol. The fourth-order valence-electron chi connectivity index (χ4n) is 3.22. The molecule has 2 fully saturated rings. The third-order valence-electron chi connectivity index (χ3n) is 4.10. The van der Waals surface area contributed by atoms with Crippen molar-refractivity contribution in [1.29, 1.82) is 0 Å². The van der Waals surface area contributed by atoms with E-state index >= 15 is 0 Å². The van der Waals surface area contributed by atoms with E-state index in [4.69, 9.17) is 0 Å². The molecule has 2 rings (SSSR count). The van der Waals surface area contributed by atoms with Crippen LogP contribution in [0.2, 0.25) is 0 Å². The molecule has 1 saturated heterocycles. The smallest absolute Gasteiger partial charge is 0.239 e. The van der Waals surface area contributed by atoms with Gasteiger partial charge in [-0.25, -0.2) is 0 Å². The van der Waals surface area contributed by atoms with Gasteiger partial charge in [-0.1, -0.05) is 19.8 Å². The lowest BCUT2D eigenvalue weighted by Gasteiger charge is -2.24. The predicted molar refractivity (Wildman–Crippen MR) is 72.5 cm³/mol. The molecule has 0 aromatic carbocycles. The first kappa shape index (κ1) is 14.8. The van der Waals surface area contributed by atoms with Crippen LogP contribution in [0.1, 0.15) is 45.4 Å². The number of hydrogen-bond donors (Lipinski definition) is 1.